The minimum Gasteiger partial charge on any atom is -0.451 e. The lowest BCUT2D eigenvalue weighted by Gasteiger charge is -2.19. The number of benzene rings is 1. The summed E-state index contributed by atoms with van der Waals surface area (Å²) in [7, 11) is 3.51. The van der Waals surface area contributed by atoms with E-state index >= 15 is 0 Å². The molecule has 0 radical (unpaired) electrons. The number of amides is 3. The summed E-state index contributed by atoms with van der Waals surface area (Å²) in [5, 5.41) is 8.30. The standard InChI is InChI=1S/C24H32N4O4/c1-15(2)21(24(31)25-3)27-23(30)20-11-10-19(32-20)17-8-5-7-16(13-17)14-26-22(29)18-9-6-12-28(18)4/h5,7-8,10-11,13,15,18,21H,6,9,12,14H2,1-4H3,(H,25,31)(H,26,29)(H,27,30). The molecule has 172 valence electrons. The third kappa shape index (κ3) is 5.56. The minimum atomic E-state index is -0.646. The normalized spacial score (nSPS) is 17.2. The molecular formula is C24H32N4O4. The Morgan fingerprint density at radius 2 is 1.97 bits per heavy atom. The van der Waals surface area contributed by atoms with E-state index in [1.54, 1.807) is 12.1 Å². The predicted octanol–water partition coefficient (Wildman–Crippen LogP) is 2.16. The molecule has 8 heteroatoms. The van der Waals surface area contributed by atoms with E-state index in [-0.39, 0.29) is 29.5 Å². The predicted molar refractivity (Wildman–Crippen MR) is 122 cm³/mol. The van der Waals surface area contributed by atoms with Gasteiger partial charge in [0.25, 0.3) is 5.91 Å². The fraction of sp³-hybridized carbons (Fsp3) is 0.458. The average Bonchev–Trinajstić information content (AvgIpc) is 3.44. The first kappa shape index (κ1) is 23.5. The van der Waals surface area contributed by atoms with Gasteiger partial charge in [-0.25, -0.2) is 0 Å². The van der Waals surface area contributed by atoms with Gasteiger partial charge in [0.2, 0.25) is 11.8 Å². The van der Waals surface area contributed by atoms with Crippen molar-refractivity contribution in [1.29, 1.82) is 0 Å². The van der Waals surface area contributed by atoms with Gasteiger partial charge in [0.15, 0.2) is 5.76 Å². The third-order valence-electron chi connectivity index (χ3n) is 5.81. The van der Waals surface area contributed by atoms with Crippen LogP contribution in [0, 0.1) is 5.92 Å². The van der Waals surface area contributed by atoms with Crippen molar-refractivity contribution in [3.05, 3.63) is 47.7 Å². The smallest absolute Gasteiger partial charge is 0.287 e. The van der Waals surface area contributed by atoms with Crippen molar-refractivity contribution in [1.82, 2.24) is 20.9 Å². The fourth-order valence-electron chi connectivity index (χ4n) is 3.90. The van der Waals surface area contributed by atoms with Gasteiger partial charge >= 0.3 is 0 Å². The molecule has 1 saturated heterocycles. The van der Waals surface area contributed by atoms with Crippen LogP contribution in [0.1, 0.15) is 42.8 Å². The lowest BCUT2D eigenvalue weighted by molar-refractivity contribution is -0.125. The number of rotatable bonds is 8. The van der Waals surface area contributed by atoms with Gasteiger partial charge in [0.05, 0.1) is 6.04 Å². The third-order valence-corrected chi connectivity index (χ3v) is 5.81. The van der Waals surface area contributed by atoms with E-state index in [0.29, 0.717) is 12.3 Å². The number of hydrogen-bond acceptors (Lipinski definition) is 5. The molecule has 1 aromatic heterocycles. The second-order valence-electron chi connectivity index (χ2n) is 8.53. The number of carbonyl (C=O) groups is 3. The summed E-state index contributed by atoms with van der Waals surface area (Å²) in [6.07, 6.45) is 1.93. The molecule has 0 aliphatic carbocycles. The quantitative estimate of drug-likeness (QED) is 0.584. The van der Waals surface area contributed by atoms with Crippen molar-refractivity contribution >= 4 is 17.7 Å². The number of likely N-dealkylation sites (tertiary alicyclic amines) is 1. The van der Waals surface area contributed by atoms with E-state index < -0.39 is 11.9 Å². The van der Waals surface area contributed by atoms with E-state index in [1.807, 2.05) is 45.2 Å². The summed E-state index contributed by atoms with van der Waals surface area (Å²) in [4.78, 5) is 39.1. The van der Waals surface area contributed by atoms with E-state index in [4.69, 9.17) is 4.42 Å². The molecule has 8 nitrogen and oxygen atoms in total. The van der Waals surface area contributed by atoms with Crippen LogP contribution in [0.2, 0.25) is 0 Å². The van der Waals surface area contributed by atoms with Crippen LogP contribution in [0.5, 0.6) is 0 Å². The number of nitrogens with one attached hydrogen (secondary N) is 3. The van der Waals surface area contributed by atoms with Gasteiger partial charge in [-0.1, -0.05) is 32.0 Å². The second kappa shape index (κ2) is 10.5. The van der Waals surface area contributed by atoms with Gasteiger partial charge < -0.3 is 20.4 Å². The summed E-state index contributed by atoms with van der Waals surface area (Å²) in [6.45, 7) is 5.10. The summed E-state index contributed by atoms with van der Waals surface area (Å²) in [5.74, 6) is -0.0359. The average molecular weight is 441 g/mol. The second-order valence-corrected chi connectivity index (χ2v) is 8.53. The molecule has 0 saturated carbocycles. The van der Waals surface area contributed by atoms with Crippen LogP contribution < -0.4 is 16.0 Å². The molecular weight excluding hydrogens is 408 g/mol. The first-order valence-electron chi connectivity index (χ1n) is 11.0. The molecule has 2 unspecified atom stereocenters. The number of furan rings is 1. The molecule has 1 fully saturated rings. The van der Waals surface area contributed by atoms with Crippen LogP contribution in [0.15, 0.2) is 40.8 Å². The van der Waals surface area contributed by atoms with Gasteiger partial charge in [-0.15, -0.1) is 0 Å². The SMILES string of the molecule is CNC(=O)C(NC(=O)c1ccc(-c2cccc(CNC(=O)C3CCCN3C)c2)o1)C(C)C. The summed E-state index contributed by atoms with van der Waals surface area (Å²) in [6, 6.07) is 10.3. The topological polar surface area (TPSA) is 104 Å². The van der Waals surface area contributed by atoms with Crippen molar-refractivity contribution in [2.45, 2.75) is 45.3 Å². The first-order chi connectivity index (χ1) is 15.3. The van der Waals surface area contributed by atoms with Crippen molar-refractivity contribution in [3.8, 4) is 11.3 Å². The maximum absolute atomic E-state index is 12.6. The van der Waals surface area contributed by atoms with Gasteiger partial charge in [-0.2, -0.15) is 0 Å². The number of likely N-dealkylation sites (N-methyl/N-ethyl adjacent to an activating group) is 2. The molecule has 3 rings (SSSR count). The molecule has 0 bridgehead atoms. The highest BCUT2D eigenvalue weighted by atomic mass is 16.4. The van der Waals surface area contributed by atoms with E-state index in [1.165, 1.54) is 7.05 Å². The monoisotopic (exact) mass is 440 g/mol. The highest BCUT2D eigenvalue weighted by molar-refractivity contribution is 5.96. The molecule has 32 heavy (non-hydrogen) atoms. The molecule has 0 spiro atoms. The van der Waals surface area contributed by atoms with Crippen LogP contribution in [-0.2, 0) is 16.1 Å². The zero-order chi connectivity index (χ0) is 23.3. The maximum atomic E-state index is 12.6. The highest BCUT2D eigenvalue weighted by Gasteiger charge is 2.27. The van der Waals surface area contributed by atoms with Crippen LogP contribution in [0.4, 0.5) is 0 Å². The highest BCUT2D eigenvalue weighted by Crippen LogP contribution is 2.24. The number of carbonyl (C=O) groups excluding carboxylic acids is 3. The van der Waals surface area contributed by atoms with E-state index in [9.17, 15) is 14.4 Å². The summed E-state index contributed by atoms with van der Waals surface area (Å²) in [5.41, 5.74) is 1.75. The van der Waals surface area contributed by atoms with Gasteiger partial charge in [-0.05, 0) is 56.1 Å². The largest absolute Gasteiger partial charge is 0.451 e. The van der Waals surface area contributed by atoms with Crippen LogP contribution in [0.3, 0.4) is 0 Å². The lowest BCUT2D eigenvalue weighted by atomic mass is 10.0. The molecule has 1 aliphatic rings. The molecule has 1 aromatic carbocycles. The van der Waals surface area contributed by atoms with Crippen molar-refractivity contribution < 1.29 is 18.8 Å². The zero-order valence-corrected chi connectivity index (χ0v) is 19.1. The van der Waals surface area contributed by atoms with Crippen LogP contribution in [-0.4, -0.2) is 55.3 Å². The van der Waals surface area contributed by atoms with E-state index in [2.05, 4.69) is 20.9 Å². The van der Waals surface area contributed by atoms with Gasteiger partial charge in [0.1, 0.15) is 11.8 Å². The Morgan fingerprint density at radius 3 is 2.62 bits per heavy atom. The minimum absolute atomic E-state index is 0.0446. The Balaban J connectivity index is 1.65. The Hall–Kier alpha value is -3.13. The number of nitrogens with zero attached hydrogens (tertiary/aromatic N) is 1. The Kier molecular flexibility index (Phi) is 7.69. The number of hydrogen-bond donors (Lipinski definition) is 3. The Bertz CT molecular complexity index is 968. The molecule has 1 aliphatic heterocycles. The van der Waals surface area contributed by atoms with Crippen molar-refractivity contribution in [2.24, 2.45) is 5.92 Å². The lowest BCUT2D eigenvalue weighted by Crippen LogP contribution is -2.48. The van der Waals surface area contributed by atoms with Gasteiger partial charge in [0, 0.05) is 19.2 Å². The van der Waals surface area contributed by atoms with E-state index in [0.717, 1.165) is 30.5 Å². The van der Waals surface area contributed by atoms with Crippen LogP contribution in [0.25, 0.3) is 11.3 Å². The molecule has 2 heterocycles. The Labute approximate surface area is 188 Å². The van der Waals surface area contributed by atoms with Crippen molar-refractivity contribution in [3.63, 3.8) is 0 Å². The molecule has 2 aromatic rings. The fourth-order valence-corrected chi connectivity index (χ4v) is 3.90. The first-order valence-corrected chi connectivity index (χ1v) is 11.0. The zero-order valence-electron chi connectivity index (χ0n) is 19.1. The maximum Gasteiger partial charge on any atom is 0.287 e. The molecule has 3 N–H and O–H groups in total. The summed E-state index contributed by atoms with van der Waals surface area (Å²) < 4.78 is 5.76. The molecule has 3 amide bonds. The van der Waals surface area contributed by atoms with Gasteiger partial charge in [-0.3, -0.25) is 19.3 Å². The summed E-state index contributed by atoms with van der Waals surface area (Å²) >= 11 is 0. The Morgan fingerprint density at radius 1 is 1.19 bits per heavy atom. The van der Waals surface area contributed by atoms with Crippen LogP contribution >= 0.6 is 0 Å². The van der Waals surface area contributed by atoms with Crippen molar-refractivity contribution in [2.75, 3.05) is 20.6 Å². The molecule has 2 atom stereocenters.